The number of pyridine rings is 2. The number of amides is 1. The van der Waals surface area contributed by atoms with E-state index in [0.29, 0.717) is 22.8 Å². The maximum Gasteiger partial charge on any atom is 0.282 e. The first kappa shape index (κ1) is 30.6. The first-order valence-electron chi connectivity index (χ1n) is 15.5. The average molecular weight is 572 g/mol. The molecule has 0 unspecified atom stereocenters. The van der Waals surface area contributed by atoms with Gasteiger partial charge in [-0.3, -0.25) is 9.78 Å². The maximum absolute atomic E-state index is 13.6. The van der Waals surface area contributed by atoms with E-state index in [-0.39, 0.29) is 5.91 Å². The third kappa shape index (κ3) is 9.09. The highest BCUT2D eigenvalue weighted by Gasteiger charge is 2.33. The topological polar surface area (TPSA) is 61.7 Å². The SMILES string of the molecule is CCCCCCCCN(CCCCCCCC)c1ccc(/C=C2\C(=O)N(c3ccccn3)N=C2c2ccccn2)s1. The number of hydrogen-bond acceptors (Lipinski definition) is 6. The number of thiophene rings is 1. The van der Waals surface area contributed by atoms with Crippen molar-refractivity contribution < 1.29 is 4.79 Å². The lowest BCUT2D eigenvalue weighted by atomic mass is 10.1. The maximum atomic E-state index is 13.6. The van der Waals surface area contributed by atoms with Gasteiger partial charge in [0.05, 0.1) is 16.3 Å². The molecule has 1 aliphatic rings. The second-order valence-corrected chi connectivity index (χ2v) is 11.8. The van der Waals surface area contributed by atoms with Crippen LogP contribution in [0.1, 0.15) is 101 Å². The van der Waals surface area contributed by atoms with Crippen LogP contribution in [0, 0.1) is 0 Å². The summed E-state index contributed by atoms with van der Waals surface area (Å²) in [7, 11) is 0. The van der Waals surface area contributed by atoms with Gasteiger partial charge in [0.1, 0.15) is 5.71 Å². The highest BCUT2D eigenvalue weighted by molar-refractivity contribution is 7.17. The number of anilines is 2. The summed E-state index contributed by atoms with van der Waals surface area (Å²) in [6.45, 7) is 6.72. The molecule has 0 fully saturated rings. The monoisotopic (exact) mass is 571 g/mol. The van der Waals surface area contributed by atoms with Crippen LogP contribution in [-0.4, -0.2) is 34.7 Å². The molecule has 4 rings (SSSR count). The fourth-order valence-electron chi connectivity index (χ4n) is 5.10. The van der Waals surface area contributed by atoms with Crippen molar-refractivity contribution in [1.82, 2.24) is 9.97 Å². The van der Waals surface area contributed by atoms with Crippen molar-refractivity contribution in [2.45, 2.75) is 90.9 Å². The van der Waals surface area contributed by atoms with E-state index < -0.39 is 0 Å². The Morgan fingerprint density at radius 3 is 2.00 bits per heavy atom. The van der Waals surface area contributed by atoms with E-state index in [2.05, 4.69) is 45.9 Å². The smallest absolute Gasteiger partial charge is 0.282 e. The van der Waals surface area contributed by atoms with Gasteiger partial charge in [0.25, 0.3) is 5.91 Å². The van der Waals surface area contributed by atoms with E-state index >= 15 is 0 Å². The van der Waals surface area contributed by atoms with Gasteiger partial charge in [-0.2, -0.15) is 10.1 Å². The molecule has 0 saturated carbocycles. The summed E-state index contributed by atoms with van der Waals surface area (Å²) in [5, 5.41) is 7.34. The zero-order valence-corrected chi connectivity index (χ0v) is 25.6. The Hall–Kier alpha value is -3.32. The Morgan fingerprint density at radius 2 is 1.39 bits per heavy atom. The van der Waals surface area contributed by atoms with Crippen molar-refractivity contribution >= 4 is 39.9 Å². The quantitative estimate of drug-likeness (QED) is 0.113. The minimum absolute atomic E-state index is 0.185. The van der Waals surface area contributed by atoms with E-state index in [9.17, 15) is 4.79 Å². The lowest BCUT2D eigenvalue weighted by molar-refractivity contribution is -0.114. The highest BCUT2D eigenvalue weighted by Crippen LogP contribution is 2.32. The summed E-state index contributed by atoms with van der Waals surface area (Å²) in [6, 6.07) is 15.5. The van der Waals surface area contributed by atoms with Crippen LogP contribution < -0.4 is 9.91 Å². The van der Waals surface area contributed by atoms with Crippen molar-refractivity contribution in [2.75, 3.05) is 23.0 Å². The standard InChI is InChI=1S/C34H45N5OS/c1-3-5-7-9-11-17-25-38(26-18-12-10-8-6-4-2)32-22-21-28(41-32)27-29-33(30-19-13-15-23-35-30)37-39(34(29)40)31-20-14-16-24-36-31/h13-16,19-24,27H,3-12,17-18,25-26H2,1-2H3/b29-27-. The minimum atomic E-state index is -0.185. The van der Waals surface area contributed by atoms with E-state index in [4.69, 9.17) is 0 Å². The fourth-order valence-corrected chi connectivity index (χ4v) is 6.10. The number of aromatic nitrogens is 2. The van der Waals surface area contributed by atoms with Gasteiger partial charge < -0.3 is 4.90 Å². The first-order valence-corrected chi connectivity index (χ1v) is 16.3. The molecular formula is C34H45N5OS. The van der Waals surface area contributed by atoms with Gasteiger partial charge in [-0.05, 0) is 55.3 Å². The Balaban J connectivity index is 1.51. The molecule has 6 nitrogen and oxygen atoms in total. The third-order valence-corrected chi connectivity index (χ3v) is 8.52. The number of nitrogens with zero attached hydrogens (tertiary/aromatic N) is 5. The fraction of sp³-hybridized carbons (Fsp3) is 0.471. The molecular weight excluding hydrogens is 526 g/mol. The molecule has 0 saturated heterocycles. The second kappa shape index (κ2) is 16.8. The number of rotatable bonds is 18. The molecule has 4 heterocycles. The van der Waals surface area contributed by atoms with E-state index in [0.717, 1.165) is 18.0 Å². The predicted molar refractivity (Wildman–Crippen MR) is 174 cm³/mol. The van der Waals surface area contributed by atoms with Crippen molar-refractivity contribution in [3.63, 3.8) is 0 Å². The number of hydrazone groups is 1. The van der Waals surface area contributed by atoms with Crippen LogP contribution in [0.15, 0.2) is 71.6 Å². The van der Waals surface area contributed by atoms with Gasteiger partial charge in [0.15, 0.2) is 5.82 Å². The van der Waals surface area contributed by atoms with Crippen molar-refractivity contribution in [3.8, 4) is 0 Å². The Morgan fingerprint density at radius 1 is 0.756 bits per heavy atom. The molecule has 0 atom stereocenters. The molecule has 0 aromatic carbocycles. The molecule has 3 aromatic heterocycles. The van der Waals surface area contributed by atoms with Crippen molar-refractivity contribution in [2.24, 2.45) is 5.10 Å². The van der Waals surface area contributed by atoms with Gasteiger partial charge in [-0.25, -0.2) is 4.98 Å². The largest absolute Gasteiger partial charge is 0.363 e. The van der Waals surface area contributed by atoms with Gasteiger partial charge in [-0.1, -0.05) is 90.2 Å². The van der Waals surface area contributed by atoms with Crippen molar-refractivity contribution in [1.29, 1.82) is 0 Å². The minimum Gasteiger partial charge on any atom is -0.363 e. The molecule has 0 radical (unpaired) electrons. The highest BCUT2D eigenvalue weighted by atomic mass is 32.1. The van der Waals surface area contributed by atoms with E-state index in [1.165, 1.54) is 87.1 Å². The molecule has 41 heavy (non-hydrogen) atoms. The molecule has 218 valence electrons. The number of carbonyl (C=O) groups excluding carboxylic acids is 1. The zero-order valence-electron chi connectivity index (χ0n) is 24.8. The van der Waals surface area contributed by atoms with Crippen LogP contribution in [0.5, 0.6) is 0 Å². The number of carbonyl (C=O) groups is 1. The van der Waals surface area contributed by atoms with Crippen LogP contribution in [0.4, 0.5) is 10.8 Å². The van der Waals surface area contributed by atoms with Crippen LogP contribution in [0.3, 0.4) is 0 Å². The summed E-state index contributed by atoms with van der Waals surface area (Å²) in [6.07, 6.45) is 21.0. The Bertz CT molecular complexity index is 1240. The molecule has 3 aromatic rings. The third-order valence-electron chi connectivity index (χ3n) is 7.43. The zero-order chi connectivity index (χ0) is 28.7. The summed E-state index contributed by atoms with van der Waals surface area (Å²) in [5.74, 6) is 0.320. The lowest BCUT2D eigenvalue weighted by Crippen LogP contribution is -2.24. The molecule has 1 amide bonds. The normalized spacial score (nSPS) is 14.2. The molecule has 1 aliphatic heterocycles. The summed E-state index contributed by atoms with van der Waals surface area (Å²) in [4.78, 5) is 26.1. The average Bonchev–Trinajstić information content (AvgIpc) is 3.61. The van der Waals surface area contributed by atoms with Crippen LogP contribution in [0.2, 0.25) is 0 Å². The molecule has 7 heteroatoms. The van der Waals surface area contributed by atoms with Crippen LogP contribution in [0.25, 0.3) is 6.08 Å². The second-order valence-electron chi connectivity index (χ2n) is 10.7. The van der Waals surface area contributed by atoms with Gasteiger partial charge in [0.2, 0.25) is 0 Å². The molecule has 0 spiro atoms. The van der Waals surface area contributed by atoms with Crippen LogP contribution >= 0.6 is 11.3 Å². The number of hydrogen-bond donors (Lipinski definition) is 0. The number of unbranched alkanes of at least 4 members (excludes halogenated alkanes) is 10. The first-order chi connectivity index (χ1) is 20.2. The molecule has 0 N–H and O–H groups in total. The molecule has 0 bridgehead atoms. The molecule has 0 aliphatic carbocycles. The summed E-state index contributed by atoms with van der Waals surface area (Å²) < 4.78 is 0. The van der Waals surface area contributed by atoms with Gasteiger partial charge >= 0.3 is 0 Å². The van der Waals surface area contributed by atoms with Crippen LogP contribution in [-0.2, 0) is 4.79 Å². The van der Waals surface area contributed by atoms with Gasteiger partial charge in [0, 0.05) is 30.4 Å². The van der Waals surface area contributed by atoms with Gasteiger partial charge in [-0.15, -0.1) is 11.3 Å². The predicted octanol–water partition coefficient (Wildman–Crippen LogP) is 8.90. The Kier molecular flexibility index (Phi) is 12.6. The lowest BCUT2D eigenvalue weighted by Gasteiger charge is -2.23. The Labute approximate surface area is 250 Å². The van der Waals surface area contributed by atoms with Crippen molar-refractivity contribution in [3.05, 3.63) is 77.1 Å². The van der Waals surface area contributed by atoms with E-state index in [1.807, 2.05) is 36.4 Å². The summed E-state index contributed by atoms with van der Waals surface area (Å²) >= 11 is 1.76. The summed E-state index contributed by atoms with van der Waals surface area (Å²) in [5.41, 5.74) is 1.79. The van der Waals surface area contributed by atoms with E-state index in [1.54, 1.807) is 29.8 Å².